The second-order valence-electron chi connectivity index (χ2n) is 6.67. The Hall–Kier alpha value is -0.123. The van der Waals surface area contributed by atoms with E-state index >= 15 is 0 Å². The minimum atomic E-state index is -1.91. The lowest BCUT2D eigenvalue weighted by atomic mass is 10.1. The average molecular weight is 315 g/mol. The summed E-state index contributed by atoms with van der Waals surface area (Å²) in [6.45, 7) is 12.3. The third-order valence-electron chi connectivity index (χ3n) is 3.62. The van der Waals surface area contributed by atoms with Crippen LogP contribution in [-0.4, -0.2) is 21.8 Å². The molecule has 21 heavy (non-hydrogen) atoms. The van der Waals surface area contributed by atoms with E-state index < -0.39 is 8.56 Å². The van der Waals surface area contributed by atoms with Gasteiger partial charge in [-0.05, 0) is 33.4 Å². The molecule has 0 fully saturated rings. The Morgan fingerprint density at radius 2 is 1.33 bits per heavy atom. The highest BCUT2D eigenvalue weighted by Crippen LogP contribution is 2.12. The van der Waals surface area contributed by atoms with Crippen LogP contribution in [0.15, 0.2) is 11.6 Å². The summed E-state index contributed by atoms with van der Waals surface area (Å²) in [4.78, 5) is 0. The van der Waals surface area contributed by atoms with Crippen molar-refractivity contribution >= 4 is 8.56 Å². The summed E-state index contributed by atoms with van der Waals surface area (Å²) >= 11 is 0. The van der Waals surface area contributed by atoms with Gasteiger partial charge in [0.05, 0.1) is 6.61 Å². The molecule has 0 atom stereocenters. The van der Waals surface area contributed by atoms with Crippen LogP contribution in [0.4, 0.5) is 0 Å². The molecule has 0 aliphatic heterocycles. The molecule has 0 heterocycles. The zero-order valence-corrected chi connectivity index (χ0v) is 16.2. The first-order chi connectivity index (χ1) is 9.98. The molecule has 0 saturated heterocycles. The predicted molar refractivity (Wildman–Crippen MR) is 96.0 cm³/mol. The molecule has 0 radical (unpaired) electrons. The Morgan fingerprint density at radius 1 is 0.810 bits per heavy atom. The normalized spacial score (nSPS) is 11.7. The summed E-state index contributed by atoms with van der Waals surface area (Å²) in [5.74, 6) is 0. The van der Waals surface area contributed by atoms with Crippen LogP contribution in [0.25, 0.3) is 0 Å². The van der Waals surface area contributed by atoms with Gasteiger partial charge in [0.25, 0.3) is 0 Å². The smallest absolute Gasteiger partial charge is 0.331 e. The van der Waals surface area contributed by atoms with E-state index in [0.29, 0.717) is 6.61 Å². The molecule has 0 unspecified atom stereocenters. The fourth-order valence-electron chi connectivity index (χ4n) is 2.18. The van der Waals surface area contributed by atoms with Gasteiger partial charge < -0.3 is 8.85 Å². The zero-order valence-electron chi connectivity index (χ0n) is 15.2. The number of allylic oxidation sites excluding steroid dienone is 1. The number of unbranched alkanes of at least 4 members (excludes halogenated alkanes) is 8. The van der Waals surface area contributed by atoms with Crippen molar-refractivity contribution in [3.8, 4) is 0 Å². The molecular formula is C18H38O2Si. The van der Waals surface area contributed by atoms with E-state index in [0.717, 1.165) is 6.61 Å². The van der Waals surface area contributed by atoms with Crippen LogP contribution < -0.4 is 0 Å². The van der Waals surface area contributed by atoms with Crippen LogP contribution in [0, 0.1) is 0 Å². The molecule has 0 rings (SSSR count). The monoisotopic (exact) mass is 314 g/mol. The highest BCUT2D eigenvalue weighted by Gasteiger charge is 2.23. The number of hydrogen-bond donors (Lipinski definition) is 0. The molecule has 0 aromatic rings. The van der Waals surface area contributed by atoms with E-state index in [1.807, 2.05) is 0 Å². The Kier molecular flexibility index (Phi) is 13.5. The van der Waals surface area contributed by atoms with Gasteiger partial charge in [0.2, 0.25) is 0 Å². The van der Waals surface area contributed by atoms with Gasteiger partial charge in [-0.1, -0.05) is 69.9 Å². The van der Waals surface area contributed by atoms with Crippen molar-refractivity contribution in [1.29, 1.82) is 0 Å². The van der Waals surface area contributed by atoms with E-state index in [2.05, 4.69) is 39.9 Å². The molecule has 0 N–H and O–H groups in total. The van der Waals surface area contributed by atoms with Gasteiger partial charge in [0.15, 0.2) is 0 Å². The highest BCUT2D eigenvalue weighted by molar-refractivity contribution is 6.64. The molecule has 0 aliphatic carbocycles. The molecule has 3 heteroatoms. The summed E-state index contributed by atoms with van der Waals surface area (Å²) in [6, 6.07) is 0. The molecule has 126 valence electrons. The first-order valence-corrected chi connectivity index (χ1v) is 11.7. The first kappa shape index (κ1) is 20.9. The van der Waals surface area contributed by atoms with E-state index in [1.54, 1.807) is 0 Å². The number of rotatable bonds is 14. The number of hydrogen-bond acceptors (Lipinski definition) is 2. The van der Waals surface area contributed by atoms with Gasteiger partial charge in [-0.3, -0.25) is 0 Å². The van der Waals surface area contributed by atoms with Crippen LogP contribution in [0.1, 0.15) is 78.6 Å². The van der Waals surface area contributed by atoms with E-state index in [9.17, 15) is 0 Å². The lowest BCUT2D eigenvalue weighted by Gasteiger charge is -2.22. The third-order valence-corrected chi connectivity index (χ3v) is 5.38. The lowest BCUT2D eigenvalue weighted by molar-refractivity contribution is 0.190. The van der Waals surface area contributed by atoms with Crippen LogP contribution in [0.2, 0.25) is 13.1 Å². The maximum atomic E-state index is 5.96. The molecule has 0 aliphatic rings. The third kappa shape index (κ3) is 16.1. The van der Waals surface area contributed by atoms with E-state index in [1.165, 1.54) is 63.4 Å². The van der Waals surface area contributed by atoms with Gasteiger partial charge in [-0.15, -0.1) is 0 Å². The molecule has 0 spiro atoms. The van der Waals surface area contributed by atoms with Crippen LogP contribution in [0.5, 0.6) is 0 Å². The van der Waals surface area contributed by atoms with Gasteiger partial charge in [0.1, 0.15) is 0 Å². The van der Waals surface area contributed by atoms with E-state index in [4.69, 9.17) is 8.85 Å². The first-order valence-electron chi connectivity index (χ1n) is 8.89. The van der Waals surface area contributed by atoms with Crippen molar-refractivity contribution in [3.63, 3.8) is 0 Å². The van der Waals surface area contributed by atoms with Crippen LogP contribution >= 0.6 is 0 Å². The van der Waals surface area contributed by atoms with Gasteiger partial charge in [-0.25, -0.2) is 0 Å². The molecule has 2 nitrogen and oxygen atoms in total. The largest absolute Gasteiger partial charge is 0.395 e. The Bertz CT molecular complexity index is 258. The molecule has 0 bridgehead atoms. The SMILES string of the molecule is CCCCCCCCCCCO[Si](C)(C)OCC=C(C)C. The standard InChI is InChI=1S/C18H38O2Si/c1-6-7-8-9-10-11-12-13-14-16-19-21(4,5)20-17-15-18(2)3/h15H,6-14,16-17H2,1-5H3. The van der Waals surface area contributed by atoms with Crippen molar-refractivity contribution in [1.82, 2.24) is 0 Å². The predicted octanol–water partition coefficient (Wildman–Crippen LogP) is 6.22. The molecule has 0 aromatic heterocycles. The maximum Gasteiger partial charge on any atom is 0.331 e. The summed E-state index contributed by atoms with van der Waals surface area (Å²) in [5, 5.41) is 0. The minimum Gasteiger partial charge on any atom is -0.395 e. The van der Waals surface area contributed by atoms with Crippen molar-refractivity contribution < 1.29 is 8.85 Å². The summed E-state index contributed by atoms with van der Waals surface area (Å²) in [7, 11) is -1.91. The van der Waals surface area contributed by atoms with Gasteiger partial charge in [-0.2, -0.15) is 0 Å². The van der Waals surface area contributed by atoms with E-state index in [-0.39, 0.29) is 0 Å². The topological polar surface area (TPSA) is 18.5 Å². The second kappa shape index (κ2) is 13.5. The maximum absolute atomic E-state index is 5.96. The van der Waals surface area contributed by atoms with Gasteiger partial charge >= 0.3 is 8.56 Å². The highest BCUT2D eigenvalue weighted by atomic mass is 28.4. The molecule has 0 saturated carbocycles. The molecule has 0 aromatic carbocycles. The lowest BCUT2D eigenvalue weighted by Crippen LogP contribution is -2.35. The quantitative estimate of drug-likeness (QED) is 0.215. The molecule has 0 amide bonds. The van der Waals surface area contributed by atoms with Crippen molar-refractivity contribution in [2.24, 2.45) is 0 Å². The summed E-state index contributed by atoms with van der Waals surface area (Å²) in [5.41, 5.74) is 1.30. The van der Waals surface area contributed by atoms with Gasteiger partial charge in [0, 0.05) is 6.61 Å². The average Bonchev–Trinajstić information content (AvgIpc) is 2.40. The minimum absolute atomic E-state index is 0.694. The van der Waals surface area contributed by atoms with Crippen molar-refractivity contribution in [2.75, 3.05) is 13.2 Å². The summed E-state index contributed by atoms with van der Waals surface area (Å²) < 4.78 is 11.8. The van der Waals surface area contributed by atoms with Crippen LogP contribution in [-0.2, 0) is 8.85 Å². The fraction of sp³-hybridized carbons (Fsp3) is 0.889. The Balaban J connectivity index is 3.38. The second-order valence-corrected chi connectivity index (χ2v) is 10.0. The Morgan fingerprint density at radius 3 is 1.86 bits per heavy atom. The zero-order chi connectivity index (χ0) is 16.0. The summed E-state index contributed by atoms with van der Waals surface area (Å²) in [6.07, 6.45) is 14.3. The van der Waals surface area contributed by atoms with Crippen molar-refractivity contribution in [3.05, 3.63) is 11.6 Å². The fourth-order valence-corrected chi connectivity index (χ4v) is 3.39. The van der Waals surface area contributed by atoms with Crippen LogP contribution in [0.3, 0.4) is 0 Å². The Labute approximate surface area is 134 Å². The molecular weight excluding hydrogens is 276 g/mol. The van der Waals surface area contributed by atoms with Crippen molar-refractivity contribution in [2.45, 2.75) is 91.7 Å².